The van der Waals surface area contributed by atoms with Crippen LogP contribution in [0.25, 0.3) is 6.08 Å². The second kappa shape index (κ2) is 9.95. The molecule has 0 bridgehead atoms. The fourth-order valence-electron chi connectivity index (χ4n) is 3.67. The summed E-state index contributed by atoms with van der Waals surface area (Å²) in [5.74, 6) is -0.131. The van der Waals surface area contributed by atoms with E-state index >= 15 is 0 Å². The first-order valence-electron chi connectivity index (χ1n) is 10.5. The van der Waals surface area contributed by atoms with Crippen molar-refractivity contribution in [1.29, 1.82) is 5.26 Å². The molecule has 3 aromatic rings. The van der Waals surface area contributed by atoms with Gasteiger partial charge >= 0.3 is 5.97 Å². The van der Waals surface area contributed by atoms with E-state index in [9.17, 15) is 10.1 Å². The van der Waals surface area contributed by atoms with Crippen molar-refractivity contribution < 1.29 is 9.53 Å². The van der Waals surface area contributed by atoms with Gasteiger partial charge in [0.05, 0.1) is 0 Å². The molecule has 1 aromatic heterocycles. The largest absolute Gasteiger partial charge is 0.448 e. The minimum Gasteiger partial charge on any atom is -0.448 e. The van der Waals surface area contributed by atoms with E-state index in [0.717, 1.165) is 34.6 Å². The molecule has 0 saturated carbocycles. The van der Waals surface area contributed by atoms with Gasteiger partial charge in [-0.3, -0.25) is 0 Å². The van der Waals surface area contributed by atoms with E-state index in [2.05, 4.69) is 18.4 Å². The molecule has 0 N–H and O–H groups in total. The maximum atomic E-state index is 13.0. The Morgan fingerprint density at radius 3 is 2.06 bits per heavy atom. The fourth-order valence-corrected chi connectivity index (χ4v) is 3.67. The van der Waals surface area contributed by atoms with Gasteiger partial charge < -0.3 is 9.30 Å². The quantitative estimate of drug-likeness (QED) is 0.272. The number of carbonyl (C=O) groups is 1. The van der Waals surface area contributed by atoms with E-state index in [-0.39, 0.29) is 5.57 Å². The Labute approximate surface area is 184 Å². The van der Waals surface area contributed by atoms with Crippen molar-refractivity contribution in [1.82, 2.24) is 4.57 Å². The molecule has 0 radical (unpaired) electrons. The van der Waals surface area contributed by atoms with Crippen molar-refractivity contribution >= 4 is 12.0 Å². The third-order valence-corrected chi connectivity index (χ3v) is 5.23. The van der Waals surface area contributed by atoms with E-state index in [1.54, 1.807) is 6.08 Å². The molecular weight excluding hydrogens is 384 g/mol. The lowest BCUT2D eigenvalue weighted by Crippen LogP contribution is -2.14. The summed E-state index contributed by atoms with van der Waals surface area (Å²) in [7, 11) is 0. The summed E-state index contributed by atoms with van der Waals surface area (Å²) in [4.78, 5) is 13.0. The predicted molar refractivity (Wildman–Crippen MR) is 123 cm³/mol. The highest BCUT2D eigenvalue weighted by molar-refractivity contribution is 5.98. The summed E-state index contributed by atoms with van der Waals surface area (Å²) < 4.78 is 8.07. The van der Waals surface area contributed by atoms with Crippen molar-refractivity contribution in [3.05, 3.63) is 100 Å². The molecule has 158 valence electrons. The molecule has 0 saturated heterocycles. The van der Waals surface area contributed by atoms with Crippen LogP contribution in [0.2, 0.25) is 0 Å². The van der Waals surface area contributed by atoms with Crippen LogP contribution in [0, 0.1) is 31.1 Å². The SMILES string of the molecule is Cc1cc(/C=C(\C#N)C(=O)OC(c2ccccc2)c2ccccc2)c(C)n1CC(C)C. The van der Waals surface area contributed by atoms with E-state index in [4.69, 9.17) is 4.74 Å². The average molecular weight is 413 g/mol. The Hall–Kier alpha value is -3.58. The molecule has 2 aromatic carbocycles. The molecule has 0 spiro atoms. The third kappa shape index (κ3) is 5.32. The zero-order chi connectivity index (χ0) is 22.4. The number of hydrogen-bond acceptors (Lipinski definition) is 3. The van der Waals surface area contributed by atoms with Crippen molar-refractivity contribution in [3.63, 3.8) is 0 Å². The van der Waals surface area contributed by atoms with Crippen LogP contribution in [-0.2, 0) is 16.1 Å². The highest BCUT2D eigenvalue weighted by atomic mass is 16.5. The number of nitrogens with zero attached hydrogens (tertiary/aromatic N) is 2. The Morgan fingerprint density at radius 1 is 1.03 bits per heavy atom. The predicted octanol–water partition coefficient (Wildman–Crippen LogP) is 6.00. The molecule has 0 amide bonds. The molecule has 0 unspecified atom stereocenters. The lowest BCUT2D eigenvalue weighted by atomic mass is 10.0. The Morgan fingerprint density at radius 2 is 1.58 bits per heavy atom. The summed E-state index contributed by atoms with van der Waals surface area (Å²) in [5, 5.41) is 9.70. The van der Waals surface area contributed by atoms with Gasteiger partial charge in [-0.05, 0) is 48.6 Å². The van der Waals surface area contributed by atoms with Gasteiger partial charge in [-0.25, -0.2) is 4.79 Å². The van der Waals surface area contributed by atoms with Crippen molar-refractivity contribution in [3.8, 4) is 6.07 Å². The molecule has 31 heavy (non-hydrogen) atoms. The number of benzene rings is 2. The van der Waals surface area contributed by atoms with Gasteiger partial charge in [-0.2, -0.15) is 5.26 Å². The normalized spacial score (nSPS) is 11.6. The number of rotatable bonds is 7. The molecule has 0 aliphatic heterocycles. The molecule has 3 rings (SSSR count). The third-order valence-electron chi connectivity index (χ3n) is 5.23. The van der Waals surface area contributed by atoms with Crippen molar-refractivity contribution in [2.24, 2.45) is 5.92 Å². The van der Waals surface area contributed by atoms with Gasteiger partial charge in [0, 0.05) is 17.9 Å². The molecule has 1 heterocycles. The summed E-state index contributed by atoms with van der Waals surface area (Å²) in [6.07, 6.45) is 1.05. The first-order valence-corrected chi connectivity index (χ1v) is 10.5. The van der Waals surface area contributed by atoms with Gasteiger partial charge in [-0.15, -0.1) is 0 Å². The number of aromatic nitrogens is 1. The van der Waals surface area contributed by atoms with Crippen LogP contribution in [-0.4, -0.2) is 10.5 Å². The summed E-state index contributed by atoms with van der Waals surface area (Å²) >= 11 is 0. The molecule has 4 nitrogen and oxygen atoms in total. The monoisotopic (exact) mass is 412 g/mol. The second-order valence-electron chi connectivity index (χ2n) is 8.11. The highest BCUT2D eigenvalue weighted by Gasteiger charge is 2.22. The second-order valence-corrected chi connectivity index (χ2v) is 8.11. The zero-order valence-electron chi connectivity index (χ0n) is 18.5. The van der Waals surface area contributed by atoms with E-state index in [0.29, 0.717) is 5.92 Å². The van der Waals surface area contributed by atoms with E-state index in [1.165, 1.54) is 0 Å². The van der Waals surface area contributed by atoms with E-state index in [1.807, 2.05) is 86.6 Å². The zero-order valence-corrected chi connectivity index (χ0v) is 18.5. The van der Waals surface area contributed by atoms with Crippen LogP contribution in [0.15, 0.2) is 72.3 Å². The lowest BCUT2D eigenvalue weighted by Gasteiger charge is -2.18. The standard InChI is InChI=1S/C27H28N2O2/c1-19(2)18-29-20(3)15-24(21(29)4)16-25(17-28)27(30)31-26(22-11-7-5-8-12-22)23-13-9-6-10-14-23/h5-16,19,26H,18H2,1-4H3/b25-16+. The van der Waals surface area contributed by atoms with Gasteiger partial charge in [0.15, 0.2) is 6.10 Å². The molecule has 0 atom stereocenters. The first-order chi connectivity index (χ1) is 14.9. The first kappa shape index (κ1) is 22.1. The smallest absolute Gasteiger partial charge is 0.349 e. The number of aryl methyl sites for hydroxylation is 1. The van der Waals surface area contributed by atoms with Crippen LogP contribution in [0.4, 0.5) is 0 Å². The summed E-state index contributed by atoms with van der Waals surface area (Å²) in [6, 6.07) is 23.2. The highest BCUT2D eigenvalue weighted by Crippen LogP contribution is 2.27. The van der Waals surface area contributed by atoms with Crippen LogP contribution in [0.1, 0.15) is 48.0 Å². The van der Waals surface area contributed by atoms with Crippen molar-refractivity contribution in [2.75, 3.05) is 0 Å². The molecular formula is C27H28N2O2. The van der Waals surface area contributed by atoms with Crippen LogP contribution < -0.4 is 0 Å². The summed E-state index contributed by atoms with van der Waals surface area (Å²) in [6.45, 7) is 9.28. The number of esters is 1. The maximum Gasteiger partial charge on any atom is 0.349 e. The topological polar surface area (TPSA) is 55.0 Å². The minimum absolute atomic E-state index is 0.0124. The van der Waals surface area contributed by atoms with Gasteiger partial charge in [0.2, 0.25) is 0 Å². The van der Waals surface area contributed by atoms with Gasteiger partial charge in [0.1, 0.15) is 11.6 Å². The number of carbonyl (C=O) groups excluding carboxylic acids is 1. The maximum absolute atomic E-state index is 13.0. The summed E-state index contributed by atoms with van der Waals surface area (Å²) in [5.41, 5.74) is 4.71. The average Bonchev–Trinajstić information content (AvgIpc) is 3.03. The molecule has 0 aliphatic rings. The van der Waals surface area contributed by atoms with Crippen molar-refractivity contribution in [2.45, 2.75) is 40.3 Å². The van der Waals surface area contributed by atoms with Gasteiger partial charge in [0.25, 0.3) is 0 Å². The molecule has 4 heteroatoms. The fraction of sp³-hybridized carbons (Fsp3) is 0.259. The molecule has 0 aliphatic carbocycles. The van der Waals surface area contributed by atoms with Crippen LogP contribution >= 0.6 is 0 Å². The Bertz CT molecular complexity index is 1060. The van der Waals surface area contributed by atoms with Crippen LogP contribution in [0.5, 0.6) is 0 Å². The van der Waals surface area contributed by atoms with E-state index < -0.39 is 12.1 Å². The Kier molecular flexibility index (Phi) is 7.10. The minimum atomic E-state index is -0.631. The lowest BCUT2D eigenvalue weighted by molar-refractivity contribution is -0.142. The van der Waals surface area contributed by atoms with Gasteiger partial charge in [-0.1, -0.05) is 74.5 Å². The number of hydrogen-bond donors (Lipinski definition) is 0. The number of nitriles is 1. The molecule has 0 fully saturated rings. The number of ether oxygens (including phenoxy) is 1. The van der Waals surface area contributed by atoms with Crippen LogP contribution in [0.3, 0.4) is 0 Å². The Balaban J connectivity index is 1.92.